The Morgan fingerprint density at radius 1 is 1.00 bits per heavy atom. The Bertz CT molecular complexity index is 2020. The summed E-state index contributed by atoms with van der Waals surface area (Å²) in [6.07, 6.45) is 1.55. The predicted octanol–water partition coefficient (Wildman–Crippen LogP) is 8.33. The van der Waals surface area contributed by atoms with Gasteiger partial charge in [0.05, 0.1) is 28.2 Å². The molecule has 0 radical (unpaired) electrons. The highest BCUT2D eigenvalue weighted by Crippen LogP contribution is 2.37. The molecule has 10 heteroatoms. The van der Waals surface area contributed by atoms with Gasteiger partial charge in [0.25, 0.3) is 5.56 Å². The molecule has 0 atom stereocenters. The molecule has 4 aromatic carbocycles. The van der Waals surface area contributed by atoms with Crippen LogP contribution in [0.15, 0.2) is 108 Å². The molecule has 2 aromatic heterocycles. The summed E-state index contributed by atoms with van der Waals surface area (Å²) < 4.78 is 34.0. The molecule has 0 aliphatic rings. The van der Waals surface area contributed by atoms with Crippen molar-refractivity contribution in [1.29, 1.82) is 0 Å². The summed E-state index contributed by atoms with van der Waals surface area (Å²) in [6, 6.07) is 24.3. The van der Waals surface area contributed by atoms with E-state index < -0.39 is 0 Å². The minimum atomic E-state index is -0.336. The van der Waals surface area contributed by atoms with Crippen LogP contribution >= 0.6 is 31.9 Å². The quantitative estimate of drug-likeness (QED) is 0.150. The molecule has 0 bridgehead atoms. The Morgan fingerprint density at radius 2 is 1.81 bits per heavy atom. The summed E-state index contributed by atoms with van der Waals surface area (Å²) in [6.45, 7) is 2.50. The van der Waals surface area contributed by atoms with E-state index in [0.717, 1.165) is 15.4 Å². The zero-order chi connectivity index (χ0) is 29.2. The second-order valence-corrected chi connectivity index (χ2v) is 11.1. The van der Waals surface area contributed by atoms with Crippen molar-refractivity contribution in [2.75, 3.05) is 6.61 Å². The van der Waals surface area contributed by atoms with E-state index in [-0.39, 0.29) is 23.8 Å². The van der Waals surface area contributed by atoms with Crippen LogP contribution in [0.4, 0.5) is 4.39 Å². The van der Waals surface area contributed by atoms with Gasteiger partial charge in [-0.25, -0.2) is 9.37 Å². The molecule has 0 fully saturated rings. The molecule has 0 spiro atoms. The molecule has 210 valence electrons. The van der Waals surface area contributed by atoms with Gasteiger partial charge in [-0.2, -0.15) is 9.78 Å². The van der Waals surface area contributed by atoms with E-state index in [4.69, 9.17) is 18.9 Å². The van der Waals surface area contributed by atoms with Crippen molar-refractivity contribution >= 4 is 59.9 Å². The van der Waals surface area contributed by atoms with Gasteiger partial charge in [0.15, 0.2) is 17.3 Å². The number of halogens is 3. The molecule has 6 rings (SSSR count). The summed E-state index contributed by atoms with van der Waals surface area (Å²) >= 11 is 7.06. The van der Waals surface area contributed by atoms with Crippen molar-refractivity contribution in [3.05, 3.63) is 121 Å². The average Bonchev–Trinajstić information content (AvgIpc) is 3.40. The van der Waals surface area contributed by atoms with Crippen LogP contribution in [0.1, 0.15) is 18.1 Å². The fourth-order valence-electron chi connectivity index (χ4n) is 4.44. The first kappa shape index (κ1) is 27.9. The summed E-state index contributed by atoms with van der Waals surface area (Å²) in [5.74, 6) is 1.35. The van der Waals surface area contributed by atoms with Crippen LogP contribution in [0.3, 0.4) is 0 Å². The number of ether oxygens (including phenoxy) is 2. The molecular formula is C32H22Br2FN3O4. The number of hydrogen-bond acceptors (Lipinski definition) is 6. The second-order valence-electron chi connectivity index (χ2n) is 9.29. The standard InChI is InChI=1S/C32H22Br2FN3O4/c1-2-40-28-14-20(13-25(34)30(28)41-18-19-7-10-23(35)11-8-19)17-36-38-31(37-26-6-4-3-5-24(26)32(38)39)29-16-21-15-22(33)9-12-27(21)42-29/h3-17H,2,18H2,1H3. The summed E-state index contributed by atoms with van der Waals surface area (Å²) in [4.78, 5) is 18.4. The van der Waals surface area contributed by atoms with Crippen LogP contribution in [0.5, 0.6) is 11.5 Å². The Morgan fingerprint density at radius 3 is 2.62 bits per heavy atom. The van der Waals surface area contributed by atoms with Crippen LogP contribution < -0.4 is 15.0 Å². The van der Waals surface area contributed by atoms with Crippen molar-refractivity contribution in [3.63, 3.8) is 0 Å². The van der Waals surface area contributed by atoms with Crippen molar-refractivity contribution in [1.82, 2.24) is 9.66 Å². The van der Waals surface area contributed by atoms with E-state index >= 15 is 0 Å². The third-order valence-electron chi connectivity index (χ3n) is 6.40. The van der Waals surface area contributed by atoms with Crippen LogP contribution in [0.2, 0.25) is 0 Å². The number of aromatic nitrogens is 2. The average molecular weight is 691 g/mol. The van der Waals surface area contributed by atoms with Gasteiger partial charge in [-0.3, -0.25) is 4.79 Å². The lowest BCUT2D eigenvalue weighted by atomic mass is 10.2. The summed E-state index contributed by atoms with van der Waals surface area (Å²) in [5.41, 5.74) is 2.32. The maximum atomic E-state index is 13.6. The van der Waals surface area contributed by atoms with Crippen LogP contribution in [-0.2, 0) is 6.61 Å². The lowest BCUT2D eigenvalue weighted by Crippen LogP contribution is -2.20. The zero-order valence-electron chi connectivity index (χ0n) is 22.2. The van der Waals surface area contributed by atoms with Crippen LogP contribution in [0, 0.1) is 5.82 Å². The minimum absolute atomic E-state index is 0.224. The Hall–Kier alpha value is -4.28. The molecule has 0 amide bonds. The first-order chi connectivity index (χ1) is 20.4. The van der Waals surface area contributed by atoms with Crippen LogP contribution in [0.25, 0.3) is 33.5 Å². The number of para-hydroxylation sites is 1. The van der Waals surface area contributed by atoms with Crippen LogP contribution in [-0.4, -0.2) is 22.5 Å². The van der Waals surface area contributed by atoms with Crippen molar-refractivity contribution in [3.8, 4) is 23.1 Å². The fraction of sp³-hybridized carbons (Fsp3) is 0.0938. The number of benzene rings is 4. The molecule has 2 heterocycles. The predicted molar refractivity (Wildman–Crippen MR) is 168 cm³/mol. The molecular weight excluding hydrogens is 669 g/mol. The molecule has 0 saturated carbocycles. The van der Waals surface area contributed by atoms with Crippen molar-refractivity contribution < 1.29 is 18.3 Å². The number of fused-ring (bicyclic) bond motifs is 2. The van der Waals surface area contributed by atoms with Gasteiger partial charge >= 0.3 is 0 Å². The van der Waals surface area contributed by atoms with E-state index in [1.54, 1.807) is 42.6 Å². The molecule has 0 N–H and O–H groups in total. The molecule has 6 aromatic rings. The van der Waals surface area contributed by atoms with E-state index in [2.05, 4.69) is 37.0 Å². The molecule has 0 aliphatic carbocycles. The normalized spacial score (nSPS) is 11.5. The third kappa shape index (κ3) is 5.73. The zero-order valence-corrected chi connectivity index (χ0v) is 25.4. The van der Waals surface area contributed by atoms with Gasteiger partial charge in [0.1, 0.15) is 18.0 Å². The number of furan rings is 1. The molecule has 0 aliphatic heterocycles. The van der Waals surface area contributed by atoms with Gasteiger partial charge in [0, 0.05) is 9.86 Å². The molecule has 0 saturated heterocycles. The Kier molecular flexibility index (Phi) is 7.90. The number of nitrogens with zero attached hydrogens (tertiary/aromatic N) is 3. The summed E-state index contributed by atoms with van der Waals surface area (Å²) in [7, 11) is 0. The van der Waals surface area contributed by atoms with E-state index in [1.807, 2.05) is 43.3 Å². The fourth-order valence-corrected chi connectivity index (χ4v) is 5.39. The molecule has 42 heavy (non-hydrogen) atoms. The maximum absolute atomic E-state index is 13.6. The van der Waals surface area contributed by atoms with Gasteiger partial charge < -0.3 is 13.9 Å². The van der Waals surface area contributed by atoms with E-state index in [0.29, 0.717) is 50.4 Å². The maximum Gasteiger partial charge on any atom is 0.282 e. The Balaban J connectivity index is 1.40. The van der Waals surface area contributed by atoms with E-state index in [9.17, 15) is 9.18 Å². The lowest BCUT2D eigenvalue weighted by molar-refractivity contribution is 0.267. The second kappa shape index (κ2) is 11.9. The van der Waals surface area contributed by atoms with Gasteiger partial charge in [-0.1, -0.05) is 40.2 Å². The highest BCUT2D eigenvalue weighted by molar-refractivity contribution is 9.10. The number of hydrogen-bond donors (Lipinski definition) is 0. The van der Waals surface area contributed by atoms with E-state index in [1.165, 1.54) is 16.8 Å². The van der Waals surface area contributed by atoms with Crippen molar-refractivity contribution in [2.24, 2.45) is 5.10 Å². The largest absolute Gasteiger partial charge is 0.490 e. The third-order valence-corrected chi connectivity index (χ3v) is 7.49. The highest BCUT2D eigenvalue weighted by Gasteiger charge is 2.17. The summed E-state index contributed by atoms with van der Waals surface area (Å²) in [5, 5.41) is 5.85. The first-order valence-electron chi connectivity index (χ1n) is 13.0. The molecule has 7 nitrogen and oxygen atoms in total. The Labute approximate surface area is 256 Å². The molecule has 0 unspecified atom stereocenters. The highest BCUT2D eigenvalue weighted by atomic mass is 79.9. The first-order valence-corrected chi connectivity index (χ1v) is 14.6. The SMILES string of the molecule is CCOc1cc(C=Nn2c(-c3cc4cc(Br)ccc4o3)nc3ccccc3c2=O)cc(Br)c1OCc1ccc(F)cc1. The van der Waals surface area contributed by atoms with Gasteiger partial charge in [-0.15, -0.1) is 0 Å². The topological polar surface area (TPSA) is 78.9 Å². The number of rotatable bonds is 8. The van der Waals surface area contributed by atoms with Gasteiger partial charge in [0.2, 0.25) is 5.82 Å². The minimum Gasteiger partial charge on any atom is -0.490 e. The lowest BCUT2D eigenvalue weighted by Gasteiger charge is -2.15. The van der Waals surface area contributed by atoms with Crippen molar-refractivity contribution in [2.45, 2.75) is 13.5 Å². The monoisotopic (exact) mass is 689 g/mol. The van der Waals surface area contributed by atoms with Gasteiger partial charge in [-0.05, 0) is 94.6 Å². The smallest absolute Gasteiger partial charge is 0.282 e.